The maximum atomic E-state index is 13.1. The maximum Gasteiger partial charge on any atom is 0.463 e. The van der Waals surface area contributed by atoms with Crippen molar-refractivity contribution in [1.29, 1.82) is 0 Å². The summed E-state index contributed by atoms with van der Waals surface area (Å²) in [6.45, 7) is -0.174. The Labute approximate surface area is 109 Å². The zero-order valence-electron chi connectivity index (χ0n) is 9.38. The minimum Gasteiger partial charge on any atom is -0.305 e. The number of para-hydroxylation sites is 1. The SMILES string of the molecule is O=C(N1CCSc2ccccc21)C(F)(F)C(F)(F)F. The normalized spacial score (nSPS) is 16.2. The van der Waals surface area contributed by atoms with E-state index in [1.54, 1.807) is 12.1 Å². The summed E-state index contributed by atoms with van der Waals surface area (Å²) >= 11 is 1.31. The highest BCUT2D eigenvalue weighted by atomic mass is 32.2. The lowest BCUT2D eigenvalue weighted by Crippen LogP contribution is -2.53. The summed E-state index contributed by atoms with van der Waals surface area (Å²) in [6.07, 6.45) is -5.89. The second-order valence-corrected chi connectivity index (χ2v) is 4.98. The highest BCUT2D eigenvalue weighted by molar-refractivity contribution is 7.99. The average Bonchev–Trinajstić information content (AvgIpc) is 2.36. The highest BCUT2D eigenvalue weighted by Crippen LogP contribution is 2.41. The van der Waals surface area contributed by atoms with Crippen molar-refractivity contribution in [2.75, 3.05) is 17.2 Å². The van der Waals surface area contributed by atoms with E-state index in [-0.39, 0.29) is 18.0 Å². The molecule has 1 aliphatic heterocycles. The van der Waals surface area contributed by atoms with Crippen LogP contribution in [0.4, 0.5) is 27.6 Å². The zero-order chi connectivity index (χ0) is 14.3. The number of thioether (sulfide) groups is 1. The predicted molar refractivity (Wildman–Crippen MR) is 60.5 cm³/mol. The molecule has 19 heavy (non-hydrogen) atoms. The number of halogens is 5. The molecule has 1 amide bonds. The Kier molecular flexibility index (Phi) is 3.46. The van der Waals surface area contributed by atoms with Crippen LogP contribution >= 0.6 is 11.8 Å². The summed E-state index contributed by atoms with van der Waals surface area (Å²) in [6, 6.07) is 6.04. The first-order valence-corrected chi connectivity index (χ1v) is 6.22. The summed E-state index contributed by atoms with van der Waals surface area (Å²) in [4.78, 5) is 12.5. The van der Waals surface area contributed by atoms with Gasteiger partial charge < -0.3 is 4.90 Å². The number of hydrogen-bond acceptors (Lipinski definition) is 2. The van der Waals surface area contributed by atoms with Gasteiger partial charge in [0.05, 0.1) is 5.69 Å². The Morgan fingerprint density at radius 1 is 1.16 bits per heavy atom. The van der Waals surface area contributed by atoms with Crippen LogP contribution in [0, 0.1) is 0 Å². The molecule has 0 N–H and O–H groups in total. The second kappa shape index (κ2) is 4.66. The molecule has 0 radical (unpaired) electrons. The Morgan fingerprint density at radius 2 is 1.79 bits per heavy atom. The van der Waals surface area contributed by atoms with Gasteiger partial charge in [-0.25, -0.2) is 0 Å². The number of hydrogen-bond donors (Lipinski definition) is 0. The largest absolute Gasteiger partial charge is 0.463 e. The van der Waals surface area contributed by atoms with Gasteiger partial charge >= 0.3 is 18.0 Å². The molecular formula is C11H8F5NOS. The number of carbonyl (C=O) groups is 1. The molecule has 0 atom stereocenters. The zero-order valence-corrected chi connectivity index (χ0v) is 10.2. The standard InChI is InChI=1S/C11H8F5NOS/c12-10(13,11(14,15)16)9(18)17-5-6-19-8-4-2-1-3-7(8)17/h1-4H,5-6H2. The van der Waals surface area contributed by atoms with E-state index in [0.29, 0.717) is 9.80 Å². The molecule has 0 bridgehead atoms. The monoisotopic (exact) mass is 297 g/mol. The van der Waals surface area contributed by atoms with Crippen molar-refractivity contribution in [3.05, 3.63) is 24.3 Å². The fourth-order valence-corrected chi connectivity index (χ4v) is 2.67. The molecule has 8 heteroatoms. The van der Waals surface area contributed by atoms with Gasteiger partial charge in [-0.15, -0.1) is 11.8 Å². The summed E-state index contributed by atoms with van der Waals surface area (Å²) in [5, 5.41) is 0. The summed E-state index contributed by atoms with van der Waals surface area (Å²) in [5.41, 5.74) is 0.0904. The van der Waals surface area contributed by atoms with Crippen molar-refractivity contribution in [2.24, 2.45) is 0 Å². The van der Waals surface area contributed by atoms with Crippen LogP contribution < -0.4 is 4.90 Å². The summed E-state index contributed by atoms with van der Waals surface area (Å²) < 4.78 is 62.8. The molecule has 0 aromatic heterocycles. The Morgan fingerprint density at radius 3 is 2.42 bits per heavy atom. The van der Waals surface area contributed by atoms with Crippen molar-refractivity contribution in [3.63, 3.8) is 0 Å². The van der Waals surface area contributed by atoms with Crippen molar-refractivity contribution >= 4 is 23.4 Å². The average molecular weight is 297 g/mol. The summed E-state index contributed by atoms with van der Waals surface area (Å²) in [7, 11) is 0. The molecule has 0 unspecified atom stereocenters. The van der Waals surface area contributed by atoms with Crippen molar-refractivity contribution in [3.8, 4) is 0 Å². The van der Waals surface area contributed by atoms with E-state index in [0.717, 1.165) is 0 Å². The summed E-state index contributed by atoms with van der Waals surface area (Å²) in [5.74, 6) is -7.33. The molecule has 0 spiro atoms. The van der Waals surface area contributed by atoms with Crippen LogP contribution in [0.1, 0.15) is 0 Å². The fourth-order valence-electron chi connectivity index (χ4n) is 1.67. The van der Waals surface area contributed by atoms with Crippen LogP contribution in [0.2, 0.25) is 0 Å². The van der Waals surface area contributed by atoms with Crippen LogP contribution in [0.25, 0.3) is 0 Å². The first-order chi connectivity index (χ1) is 8.75. The lowest BCUT2D eigenvalue weighted by Gasteiger charge is -2.32. The molecule has 0 aliphatic carbocycles. The van der Waals surface area contributed by atoms with Crippen LogP contribution in [0.5, 0.6) is 0 Å². The van der Waals surface area contributed by atoms with Crippen LogP contribution in [-0.2, 0) is 4.79 Å². The molecule has 2 nitrogen and oxygen atoms in total. The van der Waals surface area contributed by atoms with Gasteiger partial charge in [-0.2, -0.15) is 22.0 Å². The van der Waals surface area contributed by atoms with Crippen molar-refractivity contribution in [1.82, 2.24) is 0 Å². The van der Waals surface area contributed by atoms with Crippen molar-refractivity contribution in [2.45, 2.75) is 17.0 Å². The third-order valence-electron chi connectivity index (χ3n) is 2.60. The van der Waals surface area contributed by atoms with E-state index < -0.39 is 18.0 Å². The third-order valence-corrected chi connectivity index (χ3v) is 3.64. The number of anilines is 1. The first kappa shape index (κ1) is 14.1. The first-order valence-electron chi connectivity index (χ1n) is 5.23. The number of fused-ring (bicyclic) bond motifs is 1. The van der Waals surface area contributed by atoms with E-state index in [2.05, 4.69) is 0 Å². The highest BCUT2D eigenvalue weighted by Gasteiger charge is 2.65. The molecule has 0 saturated carbocycles. The Balaban J connectivity index is 2.37. The van der Waals surface area contributed by atoms with Gasteiger partial charge in [-0.05, 0) is 12.1 Å². The van der Waals surface area contributed by atoms with Crippen molar-refractivity contribution < 1.29 is 26.7 Å². The van der Waals surface area contributed by atoms with E-state index in [9.17, 15) is 26.7 Å². The molecule has 0 fully saturated rings. The van der Waals surface area contributed by atoms with Crippen LogP contribution in [0.15, 0.2) is 29.2 Å². The van der Waals surface area contributed by atoms with Gasteiger partial charge in [0, 0.05) is 17.2 Å². The maximum absolute atomic E-state index is 13.1. The molecule has 1 aliphatic rings. The lowest BCUT2D eigenvalue weighted by atomic mass is 10.2. The number of amides is 1. The fraction of sp³-hybridized carbons (Fsp3) is 0.364. The topological polar surface area (TPSA) is 20.3 Å². The quantitative estimate of drug-likeness (QED) is 0.741. The van der Waals surface area contributed by atoms with E-state index in [1.807, 2.05) is 0 Å². The van der Waals surface area contributed by atoms with E-state index >= 15 is 0 Å². The number of nitrogens with zero attached hydrogens (tertiary/aromatic N) is 1. The predicted octanol–water partition coefficient (Wildman–Crippen LogP) is 3.32. The van der Waals surface area contributed by atoms with Gasteiger partial charge in [0.25, 0.3) is 0 Å². The minimum atomic E-state index is -5.89. The van der Waals surface area contributed by atoms with Gasteiger partial charge in [0.1, 0.15) is 0 Å². The number of benzene rings is 1. The minimum absolute atomic E-state index is 0.0904. The molecular weight excluding hydrogens is 289 g/mol. The molecule has 1 aromatic rings. The van der Waals surface area contributed by atoms with E-state index in [1.165, 1.54) is 23.9 Å². The van der Waals surface area contributed by atoms with Crippen LogP contribution in [-0.4, -0.2) is 30.3 Å². The number of alkyl halides is 5. The van der Waals surface area contributed by atoms with Crippen LogP contribution in [0.3, 0.4) is 0 Å². The number of rotatable bonds is 1. The molecule has 1 heterocycles. The second-order valence-electron chi connectivity index (χ2n) is 3.85. The van der Waals surface area contributed by atoms with Gasteiger partial charge in [0.2, 0.25) is 0 Å². The lowest BCUT2D eigenvalue weighted by molar-refractivity contribution is -0.268. The molecule has 104 valence electrons. The molecule has 1 aromatic carbocycles. The van der Waals surface area contributed by atoms with E-state index in [4.69, 9.17) is 0 Å². The van der Waals surface area contributed by atoms with Gasteiger partial charge in [-0.1, -0.05) is 12.1 Å². The van der Waals surface area contributed by atoms with Gasteiger partial charge in [-0.3, -0.25) is 4.79 Å². The van der Waals surface area contributed by atoms with Gasteiger partial charge in [0.15, 0.2) is 0 Å². The molecule has 2 rings (SSSR count). The smallest absolute Gasteiger partial charge is 0.305 e. The third kappa shape index (κ3) is 2.41. The Hall–Kier alpha value is -1.31. The Bertz CT molecular complexity index is 502. The number of carbonyl (C=O) groups excluding carboxylic acids is 1. The molecule has 0 saturated heterocycles.